The van der Waals surface area contributed by atoms with E-state index in [4.69, 9.17) is 18.9 Å². The number of fused-ring (bicyclic) bond motifs is 7. The molecule has 2 heterocycles. The van der Waals surface area contributed by atoms with Crippen LogP contribution < -0.4 is 0 Å². The molecule has 0 aromatic heterocycles. The Balaban J connectivity index is 1.42. The Morgan fingerprint density at radius 1 is 1.07 bits per heavy atom. The second-order valence-corrected chi connectivity index (χ2v) is 10.5. The lowest BCUT2D eigenvalue weighted by atomic mass is 9.45. The van der Waals surface area contributed by atoms with Crippen molar-refractivity contribution in [2.24, 2.45) is 28.6 Å². The molecular weight excluding hydrogens is 356 g/mol. The summed E-state index contributed by atoms with van der Waals surface area (Å²) in [5, 5.41) is 0. The van der Waals surface area contributed by atoms with Crippen LogP contribution in [0.1, 0.15) is 65.2 Å². The van der Waals surface area contributed by atoms with Crippen LogP contribution in [0.5, 0.6) is 0 Å². The topological polar surface area (TPSA) is 54.0 Å². The summed E-state index contributed by atoms with van der Waals surface area (Å²) in [4.78, 5) is 13.8. The van der Waals surface area contributed by atoms with Crippen molar-refractivity contribution in [2.45, 2.75) is 76.6 Å². The third-order valence-corrected chi connectivity index (χ3v) is 9.72. The monoisotopic (exact) mass is 388 g/mol. The largest absolute Gasteiger partial charge is 0.350 e. The van der Waals surface area contributed by atoms with Gasteiger partial charge in [-0.3, -0.25) is 4.79 Å². The average Bonchev–Trinajstić information content (AvgIpc) is 3.36. The van der Waals surface area contributed by atoms with Gasteiger partial charge in [0.2, 0.25) is 5.79 Å². The van der Waals surface area contributed by atoms with Gasteiger partial charge in [-0.2, -0.15) is 0 Å². The van der Waals surface area contributed by atoms with E-state index in [1.54, 1.807) is 5.57 Å². The van der Waals surface area contributed by atoms with Crippen molar-refractivity contribution >= 4 is 5.78 Å². The highest BCUT2D eigenvalue weighted by atomic mass is 16.9. The molecule has 4 aliphatic carbocycles. The Kier molecular flexibility index (Phi) is 3.67. The summed E-state index contributed by atoms with van der Waals surface area (Å²) >= 11 is 0. The molecular formula is C23H32O5. The van der Waals surface area contributed by atoms with Crippen LogP contribution in [-0.2, 0) is 23.7 Å². The van der Waals surface area contributed by atoms with Crippen LogP contribution in [0.3, 0.4) is 0 Å². The number of ketones is 1. The summed E-state index contributed by atoms with van der Waals surface area (Å²) in [6, 6.07) is 0. The van der Waals surface area contributed by atoms with Crippen LogP contribution in [0.2, 0.25) is 0 Å². The number of hydrogen-bond acceptors (Lipinski definition) is 5. The smallest absolute Gasteiger partial charge is 0.226 e. The first-order valence-electron chi connectivity index (χ1n) is 11.2. The van der Waals surface area contributed by atoms with E-state index in [0.717, 1.165) is 25.7 Å². The van der Waals surface area contributed by atoms with Crippen molar-refractivity contribution in [1.82, 2.24) is 0 Å². The van der Waals surface area contributed by atoms with Gasteiger partial charge in [0.05, 0.1) is 0 Å². The van der Waals surface area contributed by atoms with Gasteiger partial charge in [-0.25, -0.2) is 0 Å². The Morgan fingerprint density at radius 3 is 2.75 bits per heavy atom. The molecule has 5 heteroatoms. The van der Waals surface area contributed by atoms with Gasteiger partial charge < -0.3 is 18.9 Å². The van der Waals surface area contributed by atoms with E-state index in [2.05, 4.69) is 19.9 Å². The van der Waals surface area contributed by atoms with Gasteiger partial charge in [-0.15, -0.1) is 0 Å². The molecule has 3 saturated carbocycles. The number of allylic oxidation sites excluding steroid dienone is 2. The molecule has 1 unspecified atom stereocenters. The third-order valence-electron chi connectivity index (χ3n) is 9.72. The highest BCUT2D eigenvalue weighted by Crippen LogP contribution is 2.70. The van der Waals surface area contributed by atoms with Gasteiger partial charge in [-0.1, -0.05) is 25.5 Å². The zero-order valence-corrected chi connectivity index (χ0v) is 17.1. The quantitative estimate of drug-likeness (QED) is 0.588. The number of hydrogen-bond donors (Lipinski definition) is 0. The van der Waals surface area contributed by atoms with Crippen molar-refractivity contribution < 1.29 is 23.7 Å². The van der Waals surface area contributed by atoms with E-state index in [9.17, 15) is 4.79 Å². The molecule has 0 aromatic carbocycles. The van der Waals surface area contributed by atoms with Crippen LogP contribution >= 0.6 is 0 Å². The summed E-state index contributed by atoms with van der Waals surface area (Å²) in [5.41, 5.74) is 0.828. The lowest BCUT2D eigenvalue weighted by molar-refractivity contribution is -0.246. The van der Waals surface area contributed by atoms with Crippen molar-refractivity contribution in [1.29, 1.82) is 0 Å². The van der Waals surface area contributed by atoms with Gasteiger partial charge in [0.1, 0.15) is 18.0 Å². The Bertz CT molecular complexity index is 734. The standard InChI is InChI=1S/C23H32O5/c1-20-9-4-3-5-15(20)6-7-16-17-8-10-22(21(17,2)11-18(24)19(16)20)23(28-14-26-22)12-25-13-27-23/h5,16-17,19H,3-4,6-14H2,1-2H3/t16-,17-,19+,20-,21-,22+,23?/m0/s1. The average molecular weight is 389 g/mol. The van der Waals surface area contributed by atoms with Gasteiger partial charge in [-0.05, 0) is 62.2 Å². The summed E-state index contributed by atoms with van der Waals surface area (Å²) in [7, 11) is 0. The van der Waals surface area contributed by atoms with Crippen molar-refractivity contribution in [2.75, 3.05) is 20.2 Å². The fourth-order valence-corrected chi connectivity index (χ4v) is 8.55. The maximum absolute atomic E-state index is 13.8. The minimum atomic E-state index is -0.835. The molecule has 6 aliphatic rings. The molecule has 2 spiro atoms. The van der Waals surface area contributed by atoms with E-state index in [1.165, 1.54) is 19.3 Å². The Morgan fingerprint density at radius 2 is 1.93 bits per heavy atom. The highest BCUT2D eigenvalue weighted by molar-refractivity contribution is 5.85. The Hall–Kier alpha value is -0.750. The first-order chi connectivity index (χ1) is 13.5. The summed E-state index contributed by atoms with van der Waals surface area (Å²) in [6.07, 6.45) is 10.9. The molecule has 6 rings (SSSR count). The lowest BCUT2D eigenvalue weighted by Crippen LogP contribution is -2.65. The van der Waals surface area contributed by atoms with Gasteiger partial charge >= 0.3 is 0 Å². The predicted molar refractivity (Wildman–Crippen MR) is 101 cm³/mol. The maximum atomic E-state index is 13.8. The molecule has 0 N–H and O–H groups in total. The van der Waals surface area contributed by atoms with E-state index in [1.807, 2.05) is 0 Å². The molecule has 0 amide bonds. The van der Waals surface area contributed by atoms with Gasteiger partial charge in [0.15, 0.2) is 13.6 Å². The number of Topliss-reactive ketones (excluding diaryl/α,β-unsaturated/α-hetero) is 1. The third kappa shape index (κ3) is 1.91. The lowest BCUT2D eigenvalue weighted by Gasteiger charge is -2.59. The van der Waals surface area contributed by atoms with Crippen molar-refractivity contribution in [3.63, 3.8) is 0 Å². The molecule has 0 aromatic rings. The zero-order chi connectivity index (χ0) is 19.2. The molecule has 0 radical (unpaired) electrons. The predicted octanol–water partition coefficient (Wildman–Crippen LogP) is 3.96. The van der Waals surface area contributed by atoms with E-state index in [-0.39, 0.29) is 30.3 Å². The first-order valence-corrected chi connectivity index (χ1v) is 11.2. The van der Waals surface area contributed by atoms with E-state index >= 15 is 0 Å². The molecule has 5 fully saturated rings. The molecule has 5 nitrogen and oxygen atoms in total. The summed E-state index contributed by atoms with van der Waals surface area (Å²) in [5.74, 6) is 0.732. The summed E-state index contributed by atoms with van der Waals surface area (Å²) in [6.45, 7) is 5.55. The number of carbonyl (C=O) groups excluding carboxylic acids is 1. The molecule has 7 atom stereocenters. The normalized spacial score (nSPS) is 55.3. The first kappa shape index (κ1) is 18.1. The second kappa shape index (κ2) is 5.69. The van der Waals surface area contributed by atoms with Gasteiger partial charge in [0.25, 0.3) is 0 Å². The van der Waals surface area contributed by atoms with E-state index in [0.29, 0.717) is 30.6 Å². The number of ether oxygens (including phenoxy) is 4. The molecule has 2 aliphatic heterocycles. The van der Waals surface area contributed by atoms with E-state index < -0.39 is 11.4 Å². The highest BCUT2D eigenvalue weighted by Gasteiger charge is 2.76. The molecule has 28 heavy (non-hydrogen) atoms. The molecule has 2 saturated heterocycles. The minimum absolute atomic E-state index is 0.0764. The fraction of sp³-hybridized carbons (Fsp3) is 0.870. The number of carbonyl (C=O) groups is 1. The van der Waals surface area contributed by atoms with Crippen molar-refractivity contribution in [3.05, 3.63) is 11.6 Å². The second-order valence-electron chi connectivity index (χ2n) is 10.5. The van der Waals surface area contributed by atoms with Crippen LogP contribution in [0.15, 0.2) is 11.6 Å². The number of rotatable bonds is 0. The molecule has 0 bridgehead atoms. The SMILES string of the molecule is C[C@]12CCCC=C1CC[C@@H]1[C@@H]2C(=O)C[C@@]2(C)[C@H]1CC[C@@]21OCOC12COCO2. The Labute approximate surface area is 167 Å². The molecule has 154 valence electrons. The van der Waals surface area contributed by atoms with Crippen LogP contribution in [0.25, 0.3) is 0 Å². The summed E-state index contributed by atoms with van der Waals surface area (Å²) < 4.78 is 24.1. The van der Waals surface area contributed by atoms with Gasteiger partial charge in [0, 0.05) is 17.8 Å². The van der Waals surface area contributed by atoms with Crippen LogP contribution in [0.4, 0.5) is 0 Å². The van der Waals surface area contributed by atoms with Crippen LogP contribution in [0, 0.1) is 28.6 Å². The van der Waals surface area contributed by atoms with Crippen molar-refractivity contribution in [3.8, 4) is 0 Å². The van der Waals surface area contributed by atoms with Crippen LogP contribution in [-0.4, -0.2) is 37.4 Å². The zero-order valence-electron chi connectivity index (χ0n) is 17.1. The minimum Gasteiger partial charge on any atom is -0.350 e. The maximum Gasteiger partial charge on any atom is 0.226 e. The fourth-order valence-electron chi connectivity index (χ4n) is 8.55.